The molecule has 6 rings (SSSR count). The number of allylic oxidation sites excluding steroid dienone is 1. The van der Waals surface area contributed by atoms with E-state index in [1.807, 2.05) is 10.8 Å². The van der Waals surface area contributed by atoms with E-state index in [9.17, 15) is 23.2 Å². The van der Waals surface area contributed by atoms with E-state index in [-0.39, 0.29) is 22.4 Å². The molecule has 3 saturated carbocycles. The van der Waals surface area contributed by atoms with Gasteiger partial charge in [-0.2, -0.15) is 18.4 Å². The van der Waals surface area contributed by atoms with Gasteiger partial charge < -0.3 is 10.2 Å². The van der Waals surface area contributed by atoms with Crippen molar-refractivity contribution in [1.82, 2.24) is 14.9 Å². The van der Waals surface area contributed by atoms with Crippen LogP contribution >= 0.6 is 0 Å². The van der Waals surface area contributed by atoms with E-state index in [0.29, 0.717) is 33.7 Å². The molecule has 1 aromatic carbocycles. The Hall–Kier alpha value is -3.63. The number of fused-ring (bicyclic) bond motifs is 1. The van der Waals surface area contributed by atoms with Crippen molar-refractivity contribution in [1.29, 1.82) is 5.26 Å². The third kappa shape index (κ3) is 3.21. The molecule has 3 fully saturated rings. The van der Waals surface area contributed by atoms with Gasteiger partial charge >= 0.3 is 6.18 Å². The van der Waals surface area contributed by atoms with Crippen LogP contribution in [-0.4, -0.2) is 26.3 Å². The molecule has 4 aliphatic rings. The third-order valence-corrected chi connectivity index (χ3v) is 7.26. The highest BCUT2D eigenvalue weighted by atomic mass is 19.4. The first kappa shape index (κ1) is 22.2. The summed E-state index contributed by atoms with van der Waals surface area (Å²) < 4.78 is 40.3. The Morgan fingerprint density at radius 2 is 1.94 bits per heavy atom. The van der Waals surface area contributed by atoms with Crippen LogP contribution in [-0.2, 0) is 11.0 Å². The van der Waals surface area contributed by atoms with Crippen LogP contribution in [0.4, 0.5) is 19.0 Å². The maximum absolute atomic E-state index is 13.4. The highest BCUT2D eigenvalue weighted by molar-refractivity contribution is 5.87. The van der Waals surface area contributed by atoms with E-state index in [1.165, 1.54) is 13.0 Å². The Bertz CT molecular complexity index is 1420. The van der Waals surface area contributed by atoms with Crippen LogP contribution in [0.25, 0.3) is 11.8 Å². The zero-order chi connectivity index (χ0) is 24.4. The van der Waals surface area contributed by atoms with Gasteiger partial charge in [0.1, 0.15) is 29.0 Å². The second-order valence-electron chi connectivity index (χ2n) is 9.40. The number of carbonyl (C=O) groups excluding carboxylic acids is 1. The highest BCUT2D eigenvalue weighted by Gasteiger charge is 2.61. The summed E-state index contributed by atoms with van der Waals surface area (Å²) in [7, 11) is 0. The van der Waals surface area contributed by atoms with E-state index >= 15 is 0 Å². The number of aromatic nitrogens is 2. The van der Waals surface area contributed by atoms with Crippen molar-refractivity contribution in [2.75, 3.05) is 5.32 Å². The average molecular weight is 465 g/mol. The average Bonchev–Trinajstić information content (AvgIpc) is 2.70. The summed E-state index contributed by atoms with van der Waals surface area (Å²) >= 11 is 0. The van der Waals surface area contributed by atoms with Crippen LogP contribution in [0.2, 0.25) is 0 Å². The van der Waals surface area contributed by atoms with E-state index in [1.54, 1.807) is 26.1 Å². The lowest BCUT2D eigenvalue weighted by atomic mass is 9.49. The van der Waals surface area contributed by atoms with Gasteiger partial charge in [0.25, 0.3) is 0 Å². The Labute approximate surface area is 194 Å². The first-order chi connectivity index (χ1) is 16.1. The smallest absolute Gasteiger partial charge is 0.363 e. The minimum atomic E-state index is -4.45. The number of alkyl halides is 3. The molecule has 2 heterocycles. The van der Waals surface area contributed by atoms with Crippen LogP contribution in [0.5, 0.6) is 0 Å². The fourth-order valence-electron chi connectivity index (χ4n) is 5.45. The lowest BCUT2D eigenvalue weighted by molar-refractivity contribution is -0.138. The van der Waals surface area contributed by atoms with Crippen molar-refractivity contribution < 1.29 is 18.0 Å². The number of rotatable bonds is 4. The summed E-state index contributed by atoms with van der Waals surface area (Å²) in [6.07, 6.45) is 0.170. The number of nitrogens with one attached hydrogen (secondary N) is 1. The summed E-state index contributed by atoms with van der Waals surface area (Å²) in [6, 6.07) is 5.72. The number of halogens is 3. The van der Waals surface area contributed by atoms with Gasteiger partial charge in [-0.25, -0.2) is 14.8 Å². The summed E-state index contributed by atoms with van der Waals surface area (Å²) in [4.78, 5) is 22.7. The van der Waals surface area contributed by atoms with Gasteiger partial charge in [-0.15, -0.1) is 0 Å². The molecule has 0 amide bonds. The van der Waals surface area contributed by atoms with Gasteiger partial charge in [-0.1, -0.05) is 12.1 Å². The van der Waals surface area contributed by atoms with Gasteiger partial charge in [0.2, 0.25) is 0 Å². The molecule has 3 aliphatic carbocycles. The molecule has 2 bridgehead atoms. The molecule has 174 valence electrons. The molecule has 1 aliphatic heterocycles. The lowest BCUT2D eigenvalue weighted by Gasteiger charge is -2.66. The first-order valence-corrected chi connectivity index (χ1v) is 11.1. The summed E-state index contributed by atoms with van der Waals surface area (Å²) in [5, 5.41) is 14.0. The number of nitrogens with zero attached hydrogens (tertiary/aromatic N) is 4. The topological polar surface area (TPSA) is 81.9 Å². The van der Waals surface area contributed by atoms with Gasteiger partial charge in [0.15, 0.2) is 5.94 Å². The van der Waals surface area contributed by atoms with Gasteiger partial charge in [0, 0.05) is 11.7 Å². The summed E-state index contributed by atoms with van der Waals surface area (Å²) in [5.41, 5.74) is 0.0756. The molecule has 2 aromatic rings. The molecular weight excluding hydrogens is 443 g/mol. The molecule has 0 radical (unpaired) electrons. The maximum atomic E-state index is 13.4. The zero-order valence-electron chi connectivity index (χ0n) is 18.9. The SMILES string of the molecule is Cc1nc(N[C@H](C)c2cccc(C(F)(F)F)c2C)c2c(n1)=C(C#N)C(=C=O)N(C13CC(C1)C3)C=2. The predicted molar refractivity (Wildman–Crippen MR) is 119 cm³/mol. The minimum Gasteiger partial charge on any atom is -0.363 e. The van der Waals surface area contributed by atoms with Crippen LogP contribution < -0.4 is 15.9 Å². The number of aryl methyl sites for hydroxylation is 1. The Kier molecular flexibility index (Phi) is 4.85. The molecule has 9 heteroatoms. The number of hydrogen-bond donors (Lipinski definition) is 1. The molecule has 34 heavy (non-hydrogen) atoms. The second kappa shape index (κ2) is 7.44. The van der Waals surface area contributed by atoms with E-state index < -0.39 is 17.8 Å². The summed E-state index contributed by atoms with van der Waals surface area (Å²) in [6.45, 7) is 4.88. The fraction of sp³-hybridized carbons (Fsp3) is 0.400. The molecule has 6 nitrogen and oxygen atoms in total. The van der Waals surface area contributed by atoms with E-state index in [2.05, 4.69) is 21.4 Å². The number of anilines is 1. The zero-order valence-corrected chi connectivity index (χ0v) is 18.9. The standard InChI is InChI=1S/C25H22F3N5O/c1-13-17(5-4-6-20(13)25(26,27)28)14(2)30-23-19-11-33(24-7-16(8-24)9-24)21(12-34)18(10-29)22(19)31-15(3)32-23/h4-6,11,14,16H,7-9H2,1-3H3,(H,30,31,32)/t14-,16?,24?/m1/s1. The third-order valence-electron chi connectivity index (χ3n) is 7.26. The van der Waals surface area contributed by atoms with Crippen LogP contribution in [0.3, 0.4) is 0 Å². The fourth-order valence-corrected chi connectivity index (χ4v) is 5.45. The van der Waals surface area contributed by atoms with Crippen molar-refractivity contribution in [2.24, 2.45) is 5.92 Å². The van der Waals surface area contributed by atoms with Gasteiger partial charge in [-0.3, -0.25) is 0 Å². The predicted octanol–water partition coefficient (Wildman–Crippen LogP) is 3.28. The number of nitriles is 1. The summed E-state index contributed by atoms with van der Waals surface area (Å²) in [5.74, 6) is 3.36. The maximum Gasteiger partial charge on any atom is 0.416 e. The van der Waals surface area contributed by atoms with E-state index in [0.717, 1.165) is 25.3 Å². The van der Waals surface area contributed by atoms with Crippen molar-refractivity contribution in [2.45, 2.75) is 57.8 Å². The normalized spacial score (nSPS) is 23.6. The van der Waals surface area contributed by atoms with Gasteiger partial charge in [-0.05, 0) is 63.1 Å². The van der Waals surface area contributed by atoms with Crippen LogP contribution in [0.1, 0.15) is 54.7 Å². The molecule has 1 atom stereocenters. The van der Waals surface area contributed by atoms with Crippen LogP contribution in [0, 0.1) is 31.1 Å². The molecule has 0 spiro atoms. The van der Waals surface area contributed by atoms with Gasteiger partial charge in [0.05, 0.1) is 22.2 Å². The number of benzene rings is 1. The largest absolute Gasteiger partial charge is 0.416 e. The van der Waals surface area contributed by atoms with Crippen molar-refractivity contribution in [3.05, 3.63) is 57.0 Å². The second-order valence-corrected chi connectivity index (χ2v) is 9.40. The first-order valence-electron chi connectivity index (χ1n) is 11.1. The Morgan fingerprint density at radius 1 is 1.24 bits per heavy atom. The Morgan fingerprint density at radius 3 is 2.50 bits per heavy atom. The van der Waals surface area contributed by atoms with Crippen molar-refractivity contribution >= 4 is 23.5 Å². The highest BCUT2D eigenvalue weighted by Crippen LogP contribution is 2.62. The molecular formula is C25H22F3N5O. The minimum absolute atomic E-state index is 0.133. The number of hydrogen-bond acceptors (Lipinski definition) is 6. The van der Waals surface area contributed by atoms with Crippen molar-refractivity contribution in [3.8, 4) is 6.07 Å². The van der Waals surface area contributed by atoms with Crippen molar-refractivity contribution in [3.63, 3.8) is 0 Å². The monoisotopic (exact) mass is 465 g/mol. The molecule has 1 N–H and O–H groups in total. The Balaban J connectivity index is 1.63. The van der Waals surface area contributed by atoms with Crippen LogP contribution in [0.15, 0.2) is 23.9 Å². The molecule has 0 unspecified atom stereocenters. The quantitative estimate of drug-likeness (QED) is 0.698. The lowest BCUT2D eigenvalue weighted by Crippen LogP contribution is -2.67. The molecule has 0 saturated heterocycles. The molecule has 1 aromatic heterocycles. The van der Waals surface area contributed by atoms with E-state index in [4.69, 9.17) is 0 Å².